The molecule has 0 fully saturated rings. The third-order valence-corrected chi connectivity index (χ3v) is 2.11. The molecule has 0 aliphatic heterocycles. The van der Waals surface area contributed by atoms with Crippen molar-refractivity contribution in [2.75, 3.05) is 19.8 Å². The predicted molar refractivity (Wildman–Crippen MR) is 73.4 cm³/mol. The number of benzene rings is 1. The van der Waals surface area contributed by atoms with E-state index >= 15 is 0 Å². The van der Waals surface area contributed by atoms with Crippen LogP contribution < -0.4 is 5.73 Å². The van der Waals surface area contributed by atoms with Crippen LogP contribution in [0.2, 0.25) is 0 Å². The van der Waals surface area contributed by atoms with Crippen molar-refractivity contribution in [1.82, 2.24) is 0 Å². The van der Waals surface area contributed by atoms with Gasteiger partial charge in [0.05, 0.1) is 19.8 Å². The van der Waals surface area contributed by atoms with E-state index in [1.807, 2.05) is 18.2 Å². The average Bonchev–Trinajstić information content (AvgIpc) is 2.43. The Kier molecular flexibility index (Phi) is 10.6. The summed E-state index contributed by atoms with van der Waals surface area (Å²) in [5.74, 6) is -0.477. The molecule has 0 radical (unpaired) electrons. The van der Waals surface area contributed by atoms with Crippen molar-refractivity contribution >= 4 is 5.97 Å². The Morgan fingerprint density at radius 1 is 1.25 bits per heavy atom. The van der Waals surface area contributed by atoms with E-state index in [1.165, 1.54) is 5.56 Å². The number of esters is 1. The molecular weight excluding hydrogens is 264 g/mol. The van der Waals surface area contributed by atoms with E-state index in [1.54, 1.807) is 0 Å². The van der Waals surface area contributed by atoms with Crippen LogP contribution in [0.25, 0.3) is 0 Å². The van der Waals surface area contributed by atoms with Crippen LogP contribution in [0.3, 0.4) is 0 Å². The smallest absolute Gasteiger partial charge is 0.319 e. The minimum Gasteiger partial charge on any atom is -0.465 e. The van der Waals surface area contributed by atoms with Crippen LogP contribution in [0.4, 0.5) is 0 Å². The molecular formula is C13H20N2O5. The number of hydrogen-bond acceptors (Lipinski definition) is 6. The summed E-state index contributed by atoms with van der Waals surface area (Å²) < 4.78 is 4.61. The minimum atomic E-state index is -0.855. The predicted octanol–water partition coefficient (Wildman–Crippen LogP) is 1.47. The molecule has 0 aliphatic rings. The van der Waals surface area contributed by atoms with Crippen LogP contribution in [0.15, 0.2) is 30.3 Å². The highest BCUT2D eigenvalue weighted by atomic mass is 16.9. The Bertz CT molecular complexity index is 384. The zero-order valence-corrected chi connectivity index (χ0v) is 11.5. The van der Waals surface area contributed by atoms with Crippen LogP contribution in [-0.2, 0) is 14.4 Å². The summed E-state index contributed by atoms with van der Waals surface area (Å²) in [6.45, 7) is 2.18. The number of nitrogens with zero attached hydrogens (tertiary/aromatic N) is 1. The SMILES string of the molecule is Cc1ccccc1.NCC(=O)OCCCCO[N+](=O)[O-]. The number of nitrogens with two attached hydrogens (primary N) is 1. The van der Waals surface area contributed by atoms with Gasteiger partial charge in [0.2, 0.25) is 0 Å². The molecule has 0 bridgehead atoms. The van der Waals surface area contributed by atoms with E-state index < -0.39 is 11.1 Å². The van der Waals surface area contributed by atoms with E-state index in [0.29, 0.717) is 12.8 Å². The van der Waals surface area contributed by atoms with Gasteiger partial charge in [-0.2, -0.15) is 0 Å². The van der Waals surface area contributed by atoms with Crippen LogP contribution in [0.5, 0.6) is 0 Å². The minimum absolute atomic E-state index is 0.0210. The second kappa shape index (κ2) is 11.9. The van der Waals surface area contributed by atoms with Crippen LogP contribution in [-0.4, -0.2) is 30.8 Å². The molecule has 0 aromatic heterocycles. The summed E-state index contributed by atoms with van der Waals surface area (Å²) in [6, 6.07) is 10.3. The topological polar surface area (TPSA) is 105 Å². The van der Waals surface area contributed by atoms with Crippen molar-refractivity contribution < 1.29 is 19.5 Å². The molecule has 1 aromatic carbocycles. The van der Waals surface area contributed by atoms with Gasteiger partial charge >= 0.3 is 5.97 Å². The fourth-order valence-electron chi connectivity index (χ4n) is 1.12. The van der Waals surface area contributed by atoms with Gasteiger partial charge < -0.3 is 15.3 Å². The molecule has 1 rings (SSSR count). The monoisotopic (exact) mass is 284 g/mol. The van der Waals surface area contributed by atoms with Gasteiger partial charge in [0.25, 0.3) is 5.09 Å². The largest absolute Gasteiger partial charge is 0.465 e. The van der Waals surface area contributed by atoms with Gasteiger partial charge in [-0.15, -0.1) is 10.1 Å². The third-order valence-electron chi connectivity index (χ3n) is 2.11. The summed E-state index contributed by atoms with van der Waals surface area (Å²) in [4.78, 5) is 24.2. The maximum Gasteiger partial charge on any atom is 0.319 e. The lowest BCUT2D eigenvalue weighted by atomic mass is 10.2. The van der Waals surface area contributed by atoms with Crippen LogP contribution >= 0.6 is 0 Å². The first-order valence-electron chi connectivity index (χ1n) is 6.21. The first-order valence-corrected chi connectivity index (χ1v) is 6.21. The number of carbonyl (C=O) groups excluding carboxylic acids is 1. The third kappa shape index (κ3) is 12.3. The van der Waals surface area contributed by atoms with E-state index in [4.69, 9.17) is 5.73 Å². The molecule has 0 amide bonds. The lowest BCUT2D eigenvalue weighted by Crippen LogP contribution is -2.17. The number of hydrogen-bond donors (Lipinski definition) is 1. The fraction of sp³-hybridized carbons (Fsp3) is 0.462. The molecule has 0 unspecified atom stereocenters. The number of carbonyl (C=O) groups is 1. The summed E-state index contributed by atoms with van der Waals surface area (Å²) in [7, 11) is 0. The van der Waals surface area contributed by atoms with Crippen molar-refractivity contribution in [3.8, 4) is 0 Å². The molecule has 2 N–H and O–H groups in total. The van der Waals surface area contributed by atoms with Crippen molar-refractivity contribution in [2.45, 2.75) is 19.8 Å². The molecule has 0 atom stereocenters. The van der Waals surface area contributed by atoms with E-state index in [-0.39, 0.29) is 19.8 Å². The number of aryl methyl sites for hydroxylation is 1. The highest BCUT2D eigenvalue weighted by Crippen LogP contribution is 1.92. The molecule has 0 spiro atoms. The zero-order chi connectivity index (χ0) is 15.2. The van der Waals surface area contributed by atoms with Crippen LogP contribution in [0, 0.1) is 17.0 Å². The van der Waals surface area contributed by atoms with Crippen molar-refractivity contribution in [2.24, 2.45) is 5.73 Å². The van der Waals surface area contributed by atoms with Crippen molar-refractivity contribution in [3.63, 3.8) is 0 Å². The fourth-order valence-corrected chi connectivity index (χ4v) is 1.12. The standard InChI is InChI=1S/C7H8.C6H12N2O5/c1-7-5-3-2-4-6-7;7-5-6(9)12-3-1-2-4-13-8(10)11/h2-6H,1H3;1-5,7H2. The lowest BCUT2D eigenvalue weighted by molar-refractivity contribution is -0.757. The van der Waals surface area contributed by atoms with Gasteiger partial charge in [-0.25, -0.2) is 0 Å². The Labute approximate surface area is 117 Å². The van der Waals surface area contributed by atoms with Gasteiger partial charge in [-0.1, -0.05) is 35.9 Å². The average molecular weight is 284 g/mol. The van der Waals surface area contributed by atoms with Gasteiger partial charge in [0.1, 0.15) is 0 Å². The zero-order valence-electron chi connectivity index (χ0n) is 11.5. The molecule has 1 aromatic rings. The van der Waals surface area contributed by atoms with E-state index in [0.717, 1.165) is 0 Å². The molecule has 20 heavy (non-hydrogen) atoms. The van der Waals surface area contributed by atoms with Gasteiger partial charge in [0.15, 0.2) is 0 Å². The Morgan fingerprint density at radius 3 is 2.30 bits per heavy atom. The van der Waals surface area contributed by atoms with Gasteiger partial charge in [-0.3, -0.25) is 4.79 Å². The maximum absolute atomic E-state index is 10.5. The molecule has 0 aliphatic carbocycles. The molecule has 0 heterocycles. The van der Waals surface area contributed by atoms with Crippen LogP contribution in [0.1, 0.15) is 18.4 Å². The Morgan fingerprint density at radius 2 is 1.85 bits per heavy atom. The summed E-state index contributed by atoms with van der Waals surface area (Å²) >= 11 is 0. The van der Waals surface area contributed by atoms with E-state index in [2.05, 4.69) is 28.6 Å². The summed E-state index contributed by atoms with van der Waals surface area (Å²) in [5, 5.41) is 8.81. The highest BCUT2D eigenvalue weighted by Gasteiger charge is 1.98. The summed E-state index contributed by atoms with van der Waals surface area (Å²) in [5.41, 5.74) is 6.29. The normalized spacial score (nSPS) is 9.10. The number of ether oxygens (including phenoxy) is 1. The first kappa shape index (κ1) is 17.8. The Hall–Kier alpha value is -2.15. The molecule has 7 heteroatoms. The van der Waals surface area contributed by atoms with Crippen molar-refractivity contribution in [1.29, 1.82) is 0 Å². The molecule has 112 valence electrons. The maximum atomic E-state index is 10.5. The van der Waals surface area contributed by atoms with Crippen molar-refractivity contribution in [3.05, 3.63) is 46.0 Å². The number of rotatable bonds is 7. The highest BCUT2D eigenvalue weighted by molar-refractivity contribution is 5.71. The second-order valence-electron chi connectivity index (χ2n) is 3.84. The Balaban J connectivity index is 0.000000428. The number of unbranched alkanes of at least 4 members (excludes halogenated alkanes) is 1. The van der Waals surface area contributed by atoms with Gasteiger partial charge in [0, 0.05) is 0 Å². The molecule has 0 saturated heterocycles. The summed E-state index contributed by atoms with van der Waals surface area (Å²) in [6.07, 6.45) is 0.998. The van der Waals surface area contributed by atoms with E-state index in [9.17, 15) is 14.9 Å². The lowest BCUT2D eigenvalue weighted by Gasteiger charge is -2.01. The first-order chi connectivity index (χ1) is 9.56. The molecule has 7 nitrogen and oxygen atoms in total. The quantitative estimate of drug-likeness (QED) is 0.352. The second-order valence-corrected chi connectivity index (χ2v) is 3.84. The van der Waals surface area contributed by atoms with Gasteiger partial charge in [-0.05, 0) is 19.8 Å². The molecule has 0 saturated carbocycles.